The van der Waals surface area contributed by atoms with Gasteiger partial charge in [-0.3, -0.25) is 14.4 Å². The summed E-state index contributed by atoms with van der Waals surface area (Å²) in [6.07, 6.45) is 0.877. The lowest BCUT2D eigenvalue weighted by atomic mass is 10.1. The quantitative estimate of drug-likeness (QED) is 0.313. The summed E-state index contributed by atoms with van der Waals surface area (Å²) in [6, 6.07) is 1.21. The van der Waals surface area contributed by atoms with Crippen molar-refractivity contribution in [3.05, 3.63) is 43.5 Å². The summed E-state index contributed by atoms with van der Waals surface area (Å²) in [4.78, 5) is 51.1. The van der Waals surface area contributed by atoms with Gasteiger partial charge in [0.15, 0.2) is 5.78 Å². The topological polar surface area (TPSA) is 129 Å². The number of ketones is 1. The van der Waals surface area contributed by atoms with E-state index in [0.717, 1.165) is 4.88 Å². The maximum absolute atomic E-state index is 12.1. The smallest absolute Gasteiger partial charge is 0.350 e. The van der Waals surface area contributed by atoms with E-state index >= 15 is 0 Å². The van der Waals surface area contributed by atoms with Crippen molar-refractivity contribution in [2.45, 2.75) is 32.6 Å². The highest BCUT2D eigenvalue weighted by atomic mass is 32.9. The maximum atomic E-state index is 12.1. The van der Waals surface area contributed by atoms with Crippen LogP contribution in [0.2, 0.25) is 0 Å². The van der Waals surface area contributed by atoms with E-state index < -0.39 is 17.2 Å². The second-order valence-corrected chi connectivity index (χ2v) is 8.03. The van der Waals surface area contributed by atoms with Crippen molar-refractivity contribution in [3.63, 3.8) is 0 Å². The zero-order valence-electron chi connectivity index (χ0n) is 14.3. The molecule has 2 aliphatic rings. The number of anilines is 1. The minimum atomic E-state index is -0.869. The van der Waals surface area contributed by atoms with Crippen LogP contribution in [0.5, 0.6) is 5.75 Å². The van der Waals surface area contributed by atoms with Crippen LogP contribution in [-0.4, -0.2) is 21.8 Å². The first-order valence-corrected chi connectivity index (χ1v) is 10.3. The van der Waals surface area contributed by atoms with Gasteiger partial charge in [0.1, 0.15) is 22.8 Å². The van der Waals surface area contributed by atoms with E-state index in [1.54, 1.807) is 5.38 Å². The Hall–Kier alpha value is -2.72. The molecule has 0 bridgehead atoms. The van der Waals surface area contributed by atoms with Crippen LogP contribution in [0.4, 0.5) is 5.69 Å². The zero-order chi connectivity index (χ0) is 19.6. The highest BCUT2D eigenvalue weighted by Crippen LogP contribution is 2.35. The van der Waals surface area contributed by atoms with Crippen molar-refractivity contribution in [2.75, 3.05) is 5.32 Å². The third-order valence-corrected chi connectivity index (χ3v) is 6.00. The number of rotatable bonds is 7. The van der Waals surface area contributed by atoms with Crippen molar-refractivity contribution < 1.29 is 19.1 Å². The summed E-state index contributed by atoms with van der Waals surface area (Å²) < 4.78 is 4.82. The molecule has 1 amide bonds. The molecule has 0 unspecified atom stereocenters. The van der Waals surface area contributed by atoms with Gasteiger partial charge in [-0.2, -0.15) is 0 Å². The number of nitrogens with one attached hydrogen (secondary N) is 2. The summed E-state index contributed by atoms with van der Waals surface area (Å²) >= 11 is 0. The van der Waals surface area contributed by atoms with E-state index in [1.165, 1.54) is 33.7 Å². The first-order chi connectivity index (χ1) is 12.9. The molecule has 27 heavy (non-hydrogen) atoms. The largest absolute Gasteiger partial charge is 0.507 e. The number of hydrogen-bond donors (Lipinski definition) is 3. The Labute approximate surface area is 160 Å². The number of H-pyrrole nitrogens is 1. The summed E-state index contributed by atoms with van der Waals surface area (Å²) in [5.74, 6) is -1.04. The molecular formula is C17H16N2O6S2. The lowest BCUT2D eigenvalue weighted by Crippen LogP contribution is -2.17. The Balaban J connectivity index is 1.50. The van der Waals surface area contributed by atoms with Gasteiger partial charge in [-0.25, -0.2) is 4.79 Å². The van der Waals surface area contributed by atoms with E-state index in [9.17, 15) is 24.3 Å². The highest BCUT2D eigenvalue weighted by molar-refractivity contribution is 7.70. The highest BCUT2D eigenvalue weighted by Gasteiger charge is 2.20. The van der Waals surface area contributed by atoms with Gasteiger partial charge in [0.2, 0.25) is 5.91 Å². The summed E-state index contributed by atoms with van der Waals surface area (Å²) in [7, 11) is 2.86. The molecule has 0 saturated carbocycles. The summed E-state index contributed by atoms with van der Waals surface area (Å²) in [5.41, 5.74) is -0.622. The lowest BCUT2D eigenvalue weighted by molar-refractivity contribution is -0.116. The first kappa shape index (κ1) is 19.1. The average molecular weight is 408 g/mol. The third-order valence-electron chi connectivity index (χ3n) is 3.90. The molecule has 0 saturated heterocycles. The van der Waals surface area contributed by atoms with Gasteiger partial charge in [0, 0.05) is 24.3 Å². The van der Waals surface area contributed by atoms with E-state index in [4.69, 9.17) is 4.42 Å². The molecule has 1 aromatic rings. The maximum Gasteiger partial charge on any atom is 0.350 e. The first-order valence-electron chi connectivity index (χ1n) is 8.13. The molecule has 3 heterocycles. The van der Waals surface area contributed by atoms with Crippen molar-refractivity contribution in [1.29, 1.82) is 0 Å². The number of aromatic amines is 1. The van der Waals surface area contributed by atoms with E-state index in [0.29, 0.717) is 18.5 Å². The number of Topliss-reactive ketones (excluding diaryl/α,β-unsaturated/α-hetero) is 1. The Morgan fingerprint density at radius 1 is 1.26 bits per heavy atom. The molecule has 10 heteroatoms. The molecule has 0 radical (unpaired) electrons. The molecule has 0 atom stereocenters. The second-order valence-electron chi connectivity index (χ2n) is 5.95. The molecule has 0 fully saturated rings. The van der Waals surface area contributed by atoms with Crippen LogP contribution in [0.15, 0.2) is 25.5 Å². The molecule has 0 aromatic carbocycles. The zero-order valence-corrected chi connectivity index (χ0v) is 15.9. The van der Waals surface area contributed by atoms with Crippen LogP contribution in [0.1, 0.15) is 41.8 Å². The van der Waals surface area contributed by atoms with Crippen molar-refractivity contribution in [2.24, 2.45) is 0 Å². The number of amides is 1. The molecule has 0 aliphatic carbocycles. The van der Waals surface area contributed by atoms with E-state index in [2.05, 4.69) is 10.3 Å². The summed E-state index contributed by atoms with van der Waals surface area (Å²) in [6.45, 7) is 1.50. The second kappa shape index (κ2) is 7.89. The fourth-order valence-corrected chi connectivity index (χ4v) is 4.79. The fraction of sp³-hybridized carbons (Fsp3) is 0.294. The number of unbranched alkanes of at least 4 members (excludes halogenated alkanes) is 1. The van der Waals surface area contributed by atoms with Crippen molar-refractivity contribution in [1.82, 2.24) is 4.98 Å². The number of aromatic hydroxyl groups is 1. The molecule has 2 aliphatic heterocycles. The normalized spacial score (nSPS) is 11.0. The van der Waals surface area contributed by atoms with Crippen LogP contribution in [-0.2, 0) is 4.79 Å². The van der Waals surface area contributed by atoms with Crippen LogP contribution in [0.25, 0.3) is 10.6 Å². The third kappa shape index (κ3) is 4.17. The van der Waals surface area contributed by atoms with Gasteiger partial charge in [0.05, 0.1) is 10.6 Å². The number of fused-ring (bicyclic) bond motifs is 1. The van der Waals surface area contributed by atoms with Gasteiger partial charge in [-0.15, -0.1) is 0 Å². The predicted molar refractivity (Wildman–Crippen MR) is 102 cm³/mol. The number of carbonyl (C=O) groups is 2. The van der Waals surface area contributed by atoms with Gasteiger partial charge in [-0.05, 0) is 19.8 Å². The Morgan fingerprint density at radius 2 is 2.00 bits per heavy atom. The predicted octanol–water partition coefficient (Wildman–Crippen LogP) is 2.95. The number of aromatic nitrogens is 1. The van der Waals surface area contributed by atoms with E-state index in [-0.39, 0.29) is 41.3 Å². The molecule has 142 valence electrons. The fourth-order valence-electron chi connectivity index (χ4n) is 2.63. The Kier molecular flexibility index (Phi) is 5.57. The molecular weight excluding hydrogens is 392 g/mol. The minimum Gasteiger partial charge on any atom is -0.507 e. The van der Waals surface area contributed by atoms with Crippen LogP contribution in [0.3, 0.4) is 0 Å². The monoisotopic (exact) mass is 408 g/mol. The number of hydrogen-bond acceptors (Lipinski definition) is 8. The van der Waals surface area contributed by atoms with Crippen molar-refractivity contribution in [3.8, 4) is 16.3 Å². The molecule has 3 N–H and O–H groups in total. The SMILES string of the molecule is Cc1cc(O)c(C(=O)CCCCC(=O)Nc2c3sscc-3[nH]c2=O)c(=O)o1. The van der Waals surface area contributed by atoms with Gasteiger partial charge in [0.25, 0.3) is 5.56 Å². The van der Waals surface area contributed by atoms with Gasteiger partial charge < -0.3 is 19.8 Å². The van der Waals surface area contributed by atoms with Crippen LogP contribution >= 0.6 is 20.7 Å². The Morgan fingerprint density at radius 3 is 2.74 bits per heavy atom. The molecule has 3 rings (SSSR count). The van der Waals surface area contributed by atoms with Gasteiger partial charge in [-0.1, -0.05) is 20.7 Å². The molecule has 1 aromatic heterocycles. The Bertz CT molecular complexity index is 1070. The minimum absolute atomic E-state index is 0.00245. The molecule has 8 nitrogen and oxygen atoms in total. The standard InChI is InChI=1S/C17H16N2O6S2/c1-8-6-11(21)13(17(24)25-8)10(20)4-2-3-5-12(22)19-14-15-9(7-26-27-15)18-16(14)23/h6-7,21H,2-5H2,1H3,(H,18,23)(H,19,22). The van der Waals surface area contributed by atoms with Gasteiger partial charge >= 0.3 is 5.63 Å². The average Bonchev–Trinajstić information content (AvgIpc) is 3.13. The molecule has 0 spiro atoms. The van der Waals surface area contributed by atoms with E-state index in [1.807, 2.05) is 0 Å². The van der Waals surface area contributed by atoms with Crippen LogP contribution < -0.4 is 16.5 Å². The van der Waals surface area contributed by atoms with Crippen LogP contribution in [0, 0.1) is 6.92 Å². The number of carbonyl (C=O) groups excluding carboxylic acids is 2. The van der Waals surface area contributed by atoms with Crippen molar-refractivity contribution >= 4 is 38.1 Å². The number of aryl methyl sites for hydroxylation is 1. The summed E-state index contributed by atoms with van der Waals surface area (Å²) in [5, 5.41) is 14.2. The lowest BCUT2D eigenvalue weighted by Gasteiger charge is -2.04.